The van der Waals surface area contributed by atoms with Crippen LogP contribution in [0.15, 0.2) is 16.8 Å². The van der Waals surface area contributed by atoms with Gasteiger partial charge in [0.2, 0.25) is 0 Å². The molecule has 90 valence electrons. The SMILES string of the molecule is CCCN/C=C(\CC)c1cnc(C(C)C)o1. The van der Waals surface area contributed by atoms with Crippen LogP contribution in [0, 0.1) is 0 Å². The molecule has 0 unspecified atom stereocenters. The Morgan fingerprint density at radius 1 is 1.50 bits per heavy atom. The molecule has 0 spiro atoms. The van der Waals surface area contributed by atoms with Crippen molar-refractivity contribution in [3.05, 3.63) is 24.0 Å². The minimum Gasteiger partial charge on any atom is -0.441 e. The second-order valence-corrected chi connectivity index (χ2v) is 4.19. The predicted molar refractivity (Wildman–Crippen MR) is 67.2 cm³/mol. The molecule has 0 saturated heterocycles. The minimum atomic E-state index is 0.343. The number of aromatic nitrogens is 1. The molecule has 1 rings (SSSR count). The molecular formula is C13H22N2O. The molecule has 1 heterocycles. The second-order valence-electron chi connectivity index (χ2n) is 4.19. The van der Waals surface area contributed by atoms with E-state index in [0.29, 0.717) is 5.92 Å². The zero-order chi connectivity index (χ0) is 12.0. The number of hydrogen-bond acceptors (Lipinski definition) is 3. The Hall–Kier alpha value is -1.25. The van der Waals surface area contributed by atoms with Gasteiger partial charge in [0.25, 0.3) is 0 Å². The smallest absolute Gasteiger partial charge is 0.197 e. The van der Waals surface area contributed by atoms with Crippen molar-refractivity contribution < 1.29 is 4.42 Å². The molecule has 0 aliphatic rings. The van der Waals surface area contributed by atoms with Crippen LogP contribution in [-0.4, -0.2) is 11.5 Å². The highest BCUT2D eigenvalue weighted by Crippen LogP contribution is 2.21. The molecule has 0 radical (unpaired) electrons. The molecule has 0 aliphatic carbocycles. The van der Waals surface area contributed by atoms with Crippen molar-refractivity contribution in [1.82, 2.24) is 10.3 Å². The van der Waals surface area contributed by atoms with Gasteiger partial charge < -0.3 is 9.73 Å². The first-order chi connectivity index (χ1) is 7.69. The molecule has 0 bridgehead atoms. The average Bonchev–Trinajstić information content (AvgIpc) is 2.74. The molecule has 1 aromatic rings. The predicted octanol–water partition coefficient (Wildman–Crippen LogP) is 3.55. The fourth-order valence-corrected chi connectivity index (χ4v) is 1.39. The Kier molecular flexibility index (Phi) is 5.09. The number of oxazole rings is 1. The maximum Gasteiger partial charge on any atom is 0.197 e. The Labute approximate surface area is 98.0 Å². The van der Waals surface area contributed by atoms with E-state index in [1.165, 1.54) is 5.57 Å². The summed E-state index contributed by atoms with van der Waals surface area (Å²) in [7, 11) is 0. The summed E-state index contributed by atoms with van der Waals surface area (Å²) in [6.07, 6.45) is 5.93. The van der Waals surface area contributed by atoms with Crippen molar-refractivity contribution >= 4 is 5.57 Å². The van der Waals surface area contributed by atoms with Gasteiger partial charge in [0.1, 0.15) is 0 Å². The first-order valence-electron chi connectivity index (χ1n) is 6.07. The van der Waals surface area contributed by atoms with Gasteiger partial charge in [-0.1, -0.05) is 27.7 Å². The summed E-state index contributed by atoms with van der Waals surface area (Å²) in [6, 6.07) is 0. The summed E-state index contributed by atoms with van der Waals surface area (Å²) in [5, 5.41) is 3.27. The second kappa shape index (κ2) is 6.36. The summed E-state index contributed by atoms with van der Waals surface area (Å²) in [6.45, 7) is 9.43. The standard InChI is InChI=1S/C13H22N2O/c1-5-7-14-8-11(6-2)12-9-15-13(16-12)10(3)4/h8-10,14H,5-7H2,1-4H3/b11-8+. The molecule has 0 atom stereocenters. The Balaban J connectivity index is 2.74. The van der Waals surface area contributed by atoms with Crippen molar-refractivity contribution in [2.45, 2.75) is 46.5 Å². The van der Waals surface area contributed by atoms with Crippen LogP contribution < -0.4 is 5.32 Å². The monoisotopic (exact) mass is 222 g/mol. The van der Waals surface area contributed by atoms with Crippen LogP contribution in [0.1, 0.15) is 58.1 Å². The number of nitrogens with one attached hydrogen (secondary N) is 1. The van der Waals surface area contributed by atoms with Gasteiger partial charge in [-0.15, -0.1) is 0 Å². The molecule has 0 aliphatic heterocycles. The Bertz CT molecular complexity index is 339. The van der Waals surface area contributed by atoms with E-state index < -0.39 is 0 Å². The van der Waals surface area contributed by atoms with E-state index in [1.54, 1.807) is 0 Å². The van der Waals surface area contributed by atoms with Crippen molar-refractivity contribution in [2.24, 2.45) is 0 Å². The maximum atomic E-state index is 5.71. The lowest BCUT2D eigenvalue weighted by Crippen LogP contribution is -2.06. The van der Waals surface area contributed by atoms with Crippen molar-refractivity contribution in [3.63, 3.8) is 0 Å². The molecule has 1 N–H and O–H groups in total. The van der Waals surface area contributed by atoms with Gasteiger partial charge in [-0.25, -0.2) is 4.98 Å². The third-order valence-electron chi connectivity index (χ3n) is 2.39. The van der Waals surface area contributed by atoms with Crippen molar-refractivity contribution in [3.8, 4) is 0 Å². The molecule has 16 heavy (non-hydrogen) atoms. The zero-order valence-electron chi connectivity index (χ0n) is 10.7. The van der Waals surface area contributed by atoms with Crippen LogP contribution in [-0.2, 0) is 0 Å². The lowest BCUT2D eigenvalue weighted by molar-refractivity contribution is 0.461. The van der Waals surface area contributed by atoms with E-state index in [4.69, 9.17) is 4.42 Å². The van der Waals surface area contributed by atoms with Crippen LogP contribution >= 0.6 is 0 Å². The van der Waals surface area contributed by atoms with Gasteiger partial charge in [-0.3, -0.25) is 0 Å². The Morgan fingerprint density at radius 3 is 2.75 bits per heavy atom. The van der Waals surface area contributed by atoms with Crippen LogP contribution in [0.3, 0.4) is 0 Å². The molecule has 0 saturated carbocycles. The molecular weight excluding hydrogens is 200 g/mol. The maximum absolute atomic E-state index is 5.71. The average molecular weight is 222 g/mol. The summed E-state index contributed by atoms with van der Waals surface area (Å²) >= 11 is 0. The first-order valence-corrected chi connectivity index (χ1v) is 6.07. The molecule has 3 nitrogen and oxygen atoms in total. The van der Waals surface area contributed by atoms with Gasteiger partial charge in [0.15, 0.2) is 11.7 Å². The van der Waals surface area contributed by atoms with E-state index in [-0.39, 0.29) is 0 Å². The molecule has 0 amide bonds. The normalized spacial score (nSPS) is 12.2. The zero-order valence-corrected chi connectivity index (χ0v) is 10.7. The number of nitrogens with zero attached hydrogens (tertiary/aromatic N) is 1. The third kappa shape index (κ3) is 3.40. The van der Waals surface area contributed by atoms with E-state index in [0.717, 1.165) is 31.0 Å². The van der Waals surface area contributed by atoms with E-state index in [9.17, 15) is 0 Å². The molecule has 0 fully saturated rings. The van der Waals surface area contributed by atoms with Crippen LogP contribution in [0.2, 0.25) is 0 Å². The molecule has 3 heteroatoms. The summed E-state index contributed by atoms with van der Waals surface area (Å²) in [5.74, 6) is 2.04. The topological polar surface area (TPSA) is 38.1 Å². The van der Waals surface area contributed by atoms with Crippen LogP contribution in [0.4, 0.5) is 0 Å². The highest BCUT2D eigenvalue weighted by Gasteiger charge is 2.09. The van der Waals surface area contributed by atoms with Crippen LogP contribution in [0.25, 0.3) is 5.57 Å². The lowest BCUT2D eigenvalue weighted by Gasteiger charge is -2.02. The summed E-state index contributed by atoms with van der Waals surface area (Å²) in [4.78, 5) is 4.28. The van der Waals surface area contributed by atoms with Gasteiger partial charge >= 0.3 is 0 Å². The quantitative estimate of drug-likeness (QED) is 0.748. The Morgan fingerprint density at radius 2 is 2.25 bits per heavy atom. The third-order valence-corrected chi connectivity index (χ3v) is 2.39. The molecule has 1 aromatic heterocycles. The summed E-state index contributed by atoms with van der Waals surface area (Å²) in [5.41, 5.74) is 1.17. The van der Waals surface area contributed by atoms with Crippen molar-refractivity contribution in [2.75, 3.05) is 6.54 Å². The van der Waals surface area contributed by atoms with Crippen LogP contribution in [0.5, 0.6) is 0 Å². The largest absolute Gasteiger partial charge is 0.441 e. The van der Waals surface area contributed by atoms with Gasteiger partial charge in [-0.05, 0) is 12.8 Å². The number of hydrogen-bond donors (Lipinski definition) is 1. The van der Waals surface area contributed by atoms with E-state index >= 15 is 0 Å². The highest BCUT2D eigenvalue weighted by atomic mass is 16.4. The van der Waals surface area contributed by atoms with E-state index in [1.807, 2.05) is 12.4 Å². The minimum absolute atomic E-state index is 0.343. The highest BCUT2D eigenvalue weighted by molar-refractivity contribution is 5.59. The van der Waals surface area contributed by atoms with Gasteiger partial charge in [-0.2, -0.15) is 0 Å². The van der Waals surface area contributed by atoms with E-state index in [2.05, 4.69) is 38.0 Å². The van der Waals surface area contributed by atoms with Gasteiger partial charge in [0.05, 0.1) is 6.20 Å². The fourth-order valence-electron chi connectivity index (χ4n) is 1.39. The fraction of sp³-hybridized carbons (Fsp3) is 0.615. The first kappa shape index (κ1) is 12.8. The van der Waals surface area contributed by atoms with Crippen molar-refractivity contribution in [1.29, 1.82) is 0 Å². The lowest BCUT2D eigenvalue weighted by atomic mass is 10.2. The van der Waals surface area contributed by atoms with Gasteiger partial charge in [0, 0.05) is 24.2 Å². The summed E-state index contributed by atoms with van der Waals surface area (Å²) < 4.78 is 5.71. The number of allylic oxidation sites excluding steroid dienone is 1. The number of rotatable bonds is 6. The molecule has 0 aromatic carbocycles.